The SMILES string of the molecule is C=CC(C)NC(=O)N1CCCC1(CC)C(=O)O. The number of hydrogen-bond donors (Lipinski definition) is 2. The first-order valence-electron chi connectivity index (χ1n) is 5.92. The Kier molecular flexibility index (Phi) is 4.15. The quantitative estimate of drug-likeness (QED) is 0.733. The highest BCUT2D eigenvalue weighted by atomic mass is 16.4. The van der Waals surface area contributed by atoms with Crippen LogP contribution in [0.1, 0.15) is 33.1 Å². The second-order valence-electron chi connectivity index (χ2n) is 4.42. The molecule has 1 heterocycles. The minimum absolute atomic E-state index is 0.161. The van der Waals surface area contributed by atoms with Crippen LogP contribution in [0, 0.1) is 0 Å². The van der Waals surface area contributed by atoms with Crippen molar-refractivity contribution in [3.63, 3.8) is 0 Å². The second-order valence-corrected chi connectivity index (χ2v) is 4.42. The number of aliphatic carboxylic acids is 1. The van der Waals surface area contributed by atoms with Gasteiger partial charge in [-0.25, -0.2) is 9.59 Å². The number of carboxylic acid groups (broad SMARTS) is 1. The molecule has 2 N–H and O–H groups in total. The molecule has 0 saturated carbocycles. The summed E-state index contributed by atoms with van der Waals surface area (Å²) in [4.78, 5) is 24.8. The molecule has 0 spiro atoms. The fourth-order valence-electron chi connectivity index (χ4n) is 2.25. The second kappa shape index (κ2) is 5.21. The zero-order valence-corrected chi connectivity index (χ0v) is 10.4. The van der Waals surface area contributed by atoms with Gasteiger partial charge in [0.2, 0.25) is 0 Å². The van der Waals surface area contributed by atoms with Crippen molar-refractivity contribution in [2.24, 2.45) is 0 Å². The lowest BCUT2D eigenvalue weighted by Gasteiger charge is -2.34. The average Bonchev–Trinajstić information content (AvgIpc) is 2.73. The summed E-state index contributed by atoms with van der Waals surface area (Å²) in [6.45, 7) is 7.68. The molecule has 2 unspecified atom stereocenters. The predicted molar refractivity (Wildman–Crippen MR) is 64.8 cm³/mol. The van der Waals surface area contributed by atoms with E-state index in [9.17, 15) is 14.7 Å². The summed E-state index contributed by atoms with van der Waals surface area (Å²) in [6, 6.07) is -0.481. The van der Waals surface area contributed by atoms with Crippen LogP contribution in [0.25, 0.3) is 0 Å². The Morgan fingerprint density at radius 2 is 2.29 bits per heavy atom. The van der Waals surface area contributed by atoms with Gasteiger partial charge in [-0.3, -0.25) is 0 Å². The Labute approximate surface area is 101 Å². The lowest BCUT2D eigenvalue weighted by Crippen LogP contribution is -2.56. The topological polar surface area (TPSA) is 69.6 Å². The summed E-state index contributed by atoms with van der Waals surface area (Å²) in [7, 11) is 0. The van der Waals surface area contributed by atoms with Gasteiger partial charge in [-0.15, -0.1) is 6.58 Å². The molecule has 0 aromatic carbocycles. The van der Waals surface area contributed by atoms with Crippen molar-refractivity contribution < 1.29 is 14.7 Å². The normalized spacial score (nSPS) is 25.4. The first-order chi connectivity index (χ1) is 7.97. The molecule has 2 atom stereocenters. The number of amides is 2. The third kappa shape index (κ3) is 2.43. The van der Waals surface area contributed by atoms with E-state index in [-0.39, 0.29) is 12.1 Å². The standard InChI is InChI=1S/C12H20N2O3/c1-4-9(3)13-11(17)14-8-6-7-12(14,5-2)10(15)16/h4,9H,1,5-8H2,2-3H3,(H,13,17)(H,15,16). The van der Waals surface area contributed by atoms with Crippen LogP contribution >= 0.6 is 0 Å². The van der Waals surface area contributed by atoms with Gasteiger partial charge < -0.3 is 15.3 Å². The Morgan fingerprint density at radius 1 is 1.65 bits per heavy atom. The average molecular weight is 240 g/mol. The number of carbonyl (C=O) groups is 2. The molecule has 1 rings (SSSR count). The molecule has 5 heteroatoms. The van der Waals surface area contributed by atoms with Gasteiger partial charge in [0.25, 0.3) is 0 Å². The van der Waals surface area contributed by atoms with Gasteiger partial charge in [0.15, 0.2) is 0 Å². The highest BCUT2D eigenvalue weighted by molar-refractivity contribution is 5.87. The molecule has 17 heavy (non-hydrogen) atoms. The number of carbonyl (C=O) groups excluding carboxylic acids is 1. The van der Waals surface area contributed by atoms with Crippen LogP contribution in [0.3, 0.4) is 0 Å². The van der Waals surface area contributed by atoms with Gasteiger partial charge in [-0.1, -0.05) is 13.0 Å². The van der Waals surface area contributed by atoms with Crippen LogP contribution in [-0.4, -0.2) is 40.1 Å². The number of urea groups is 1. The fraction of sp³-hybridized carbons (Fsp3) is 0.667. The van der Waals surface area contributed by atoms with Gasteiger partial charge in [0, 0.05) is 12.6 Å². The van der Waals surface area contributed by atoms with Crippen LogP contribution in [0.4, 0.5) is 4.79 Å². The zero-order valence-electron chi connectivity index (χ0n) is 10.4. The van der Waals surface area contributed by atoms with Crippen LogP contribution < -0.4 is 5.32 Å². The smallest absolute Gasteiger partial charge is 0.329 e. The molecule has 5 nitrogen and oxygen atoms in total. The van der Waals surface area contributed by atoms with E-state index in [2.05, 4.69) is 11.9 Å². The van der Waals surface area contributed by atoms with Gasteiger partial charge in [0.05, 0.1) is 0 Å². The van der Waals surface area contributed by atoms with Gasteiger partial charge in [-0.2, -0.15) is 0 Å². The van der Waals surface area contributed by atoms with Crippen molar-refractivity contribution in [3.8, 4) is 0 Å². The molecule has 1 aliphatic rings. The van der Waals surface area contributed by atoms with Gasteiger partial charge in [0.1, 0.15) is 5.54 Å². The highest BCUT2D eigenvalue weighted by Gasteiger charge is 2.48. The van der Waals surface area contributed by atoms with Crippen LogP contribution in [-0.2, 0) is 4.79 Å². The first-order valence-corrected chi connectivity index (χ1v) is 5.92. The molecular formula is C12H20N2O3. The highest BCUT2D eigenvalue weighted by Crippen LogP contribution is 2.32. The lowest BCUT2D eigenvalue weighted by molar-refractivity contribution is -0.148. The van der Waals surface area contributed by atoms with E-state index in [1.807, 2.05) is 0 Å². The Hall–Kier alpha value is -1.52. The zero-order chi connectivity index (χ0) is 13.1. The molecule has 0 bridgehead atoms. The van der Waals surface area contributed by atoms with Crippen LogP contribution in [0.2, 0.25) is 0 Å². The van der Waals surface area contributed by atoms with E-state index < -0.39 is 11.5 Å². The summed E-state index contributed by atoms with van der Waals surface area (Å²) in [6.07, 6.45) is 3.30. The molecule has 0 aromatic heterocycles. The molecule has 96 valence electrons. The largest absolute Gasteiger partial charge is 0.479 e. The van der Waals surface area contributed by atoms with Crippen molar-refractivity contribution in [2.45, 2.75) is 44.7 Å². The minimum Gasteiger partial charge on any atom is -0.479 e. The van der Waals surface area contributed by atoms with Crippen molar-refractivity contribution in [1.82, 2.24) is 10.2 Å². The van der Waals surface area contributed by atoms with Crippen LogP contribution in [0.15, 0.2) is 12.7 Å². The molecule has 0 radical (unpaired) electrons. The van der Waals surface area contributed by atoms with Crippen LogP contribution in [0.5, 0.6) is 0 Å². The first kappa shape index (κ1) is 13.5. The molecule has 1 aliphatic heterocycles. The summed E-state index contributed by atoms with van der Waals surface area (Å²) in [5.41, 5.74) is -1.04. The Morgan fingerprint density at radius 3 is 2.76 bits per heavy atom. The maximum atomic E-state index is 12.0. The predicted octanol–water partition coefficient (Wildman–Crippen LogP) is 1.60. The maximum absolute atomic E-state index is 12.0. The number of hydrogen-bond acceptors (Lipinski definition) is 2. The van der Waals surface area contributed by atoms with Crippen molar-refractivity contribution >= 4 is 12.0 Å². The Bertz CT molecular complexity index is 330. The molecule has 1 fully saturated rings. The van der Waals surface area contributed by atoms with Crippen molar-refractivity contribution in [1.29, 1.82) is 0 Å². The summed E-state index contributed by atoms with van der Waals surface area (Å²) < 4.78 is 0. The maximum Gasteiger partial charge on any atom is 0.329 e. The molecule has 2 amide bonds. The van der Waals surface area contributed by atoms with Gasteiger partial charge in [-0.05, 0) is 26.2 Å². The number of carboxylic acids is 1. The minimum atomic E-state index is -1.04. The Balaban J connectivity index is 2.84. The van der Waals surface area contributed by atoms with Crippen molar-refractivity contribution in [2.75, 3.05) is 6.54 Å². The van der Waals surface area contributed by atoms with Crippen molar-refractivity contribution in [3.05, 3.63) is 12.7 Å². The van der Waals surface area contributed by atoms with E-state index in [0.29, 0.717) is 19.4 Å². The molecular weight excluding hydrogens is 220 g/mol. The lowest BCUT2D eigenvalue weighted by atomic mass is 9.93. The summed E-state index contributed by atoms with van der Waals surface area (Å²) >= 11 is 0. The van der Waals surface area contributed by atoms with E-state index in [1.165, 1.54) is 4.90 Å². The number of nitrogens with one attached hydrogen (secondary N) is 1. The number of likely N-dealkylation sites (tertiary alicyclic amines) is 1. The third-order valence-electron chi connectivity index (χ3n) is 3.42. The van der Waals surface area contributed by atoms with E-state index in [0.717, 1.165) is 6.42 Å². The van der Waals surface area contributed by atoms with Gasteiger partial charge >= 0.3 is 12.0 Å². The number of nitrogens with zero attached hydrogens (tertiary/aromatic N) is 1. The monoisotopic (exact) mass is 240 g/mol. The van der Waals surface area contributed by atoms with E-state index in [1.54, 1.807) is 19.9 Å². The van der Waals surface area contributed by atoms with E-state index >= 15 is 0 Å². The summed E-state index contributed by atoms with van der Waals surface area (Å²) in [5, 5.41) is 12.1. The molecule has 0 aliphatic carbocycles. The molecule has 0 aromatic rings. The molecule has 1 saturated heterocycles. The number of rotatable bonds is 4. The fourth-order valence-corrected chi connectivity index (χ4v) is 2.25. The third-order valence-corrected chi connectivity index (χ3v) is 3.42. The summed E-state index contributed by atoms with van der Waals surface area (Å²) in [5.74, 6) is -0.918. The van der Waals surface area contributed by atoms with E-state index in [4.69, 9.17) is 0 Å².